The molecule has 0 aromatic carbocycles. The van der Waals surface area contributed by atoms with Crippen LogP contribution in [-0.2, 0) is 4.74 Å². The lowest BCUT2D eigenvalue weighted by Crippen LogP contribution is -2.53. The molecule has 19 heavy (non-hydrogen) atoms. The fraction of sp³-hybridized carbons (Fsp3) is 0.538. The number of hydrogen-bond acceptors (Lipinski definition) is 4. The van der Waals surface area contributed by atoms with Gasteiger partial charge in [0.2, 0.25) is 0 Å². The van der Waals surface area contributed by atoms with E-state index in [1.54, 1.807) is 11.0 Å². The Morgan fingerprint density at radius 3 is 2.58 bits per heavy atom. The largest absolute Gasteiger partial charge is 0.477 e. The summed E-state index contributed by atoms with van der Waals surface area (Å²) in [6.45, 7) is 6.86. The van der Waals surface area contributed by atoms with Crippen LogP contribution in [0, 0.1) is 0 Å². The predicted octanol–water partition coefficient (Wildman–Crippen LogP) is 2.09. The third-order valence-electron chi connectivity index (χ3n) is 2.88. The molecule has 0 bridgehead atoms. The Labute approximate surface area is 115 Å². The number of carboxylic acid groups (broad SMARTS) is 1. The molecule has 1 N–H and O–H groups in total. The van der Waals surface area contributed by atoms with Crippen LogP contribution >= 0.6 is 11.3 Å². The van der Waals surface area contributed by atoms with Crippen molar-refractivity contribution in [3.8, 4) is 0 Å². The number of morpholine rings is 1. The van der Waals surface area contributed by atoms with Gasteiger partial charge in [-0.2, -0.15) is 0 Å². The smallest absolute Gasteiger partial charge is 0.345 e. The molecule has 1 saturated heterocycles. The van der Waals surface area contributed by atoms with Crippen LogP contribution in [0.2, 0.25) is 0 Å². The second-order valence-corrected chi connectivity index (χ2v) is 6.43. The number of rotatable bonds is 2. The average Bonchev–Trinajstić information content (AvgIpc) is 2.74. The van der Waals surface area contributed by atoms with Crippen molar-refractivity contribution in [2.24, 2.45) is 0 Å². The predicted molar refractivity (Wildman–Crippen MR) is 71.8 cm³/mol. The van der Waals surface area contributed by atoms with Gasteiger partial charge in [-0.25, -0.2) is 4.79 Å². The third-order valence-corrected chi connectivity index (χ3v) is 3.95. The van der Waals surface area contributed by atoms with E-state index in [0.717, 1.165) is 11.3 Å². The van der Waals surface area contributed by atoms with Gasteiger partial charge in [-0.3, -0.25) is 4.79 Å². The molecule has 1 amide bonds. The highest BCUT2D eigenvalue weighted by Crippen LogP contribution is 2.24. The number of nitrogens with zero attached hydrogens (tertiary/aromatic N) is 1. The Morgan fingerprint density at radius 1 is 1.42 bits per heavy atom. The summed E-state index contributed by atoms with van der Waals surface area (Å²) in [7, 11) is 0. The van der Waals surface area contributed by atoms with Crippen LogP contribution in [0.25, 0.3) is 0 Å². The van der Waals surface area contributed by atoms with E-state index in [4.69, 9.17) is 9.84 Å². The maximum atomic E-state index is 12.4. The molecule has 0 saturated carbocycles. The Hall–Kier alpha value is -1.40. The fourth-order valence-electron chi connectivity index (χ4n) is 2.33. The summed E-state index contributed by atoms with van der Waals surface area (Å²) in [5.41, 5.74) is -0.375. The van der Waals surface area contributed by atoms with Crippen molar-refractivity contribution in [3.63, 3.8) is 0 Å². The molecule has 1 aliphatic rings. The van der Waals surface area contributed by atoms with E-state index in [1.807, 2.05) is 20.8 Å². The van der Waals surface area contributed by atoms with Gasteiger partial charge in [-0.1, -0.05) is 0 Å². The van der Waals surface area contributed by atoms with Gasteiger partial charge >= 0.3 is 5.97 Å². The zero-order valence-corrected chi connectivity index (χ0v) is 12.0. The average molecular weight is 283 g/mol. The molecule has 104 valence electrons. The minimum Gasteiger partial charge on any atom is -0.477 e. The number of carbonyl (C=O) groups is 2. The maximum Gasteiger partial charge on any atom is 0.345 e. The summed E-state index contributed by atoms with van der Waals surface area (Å²) in [6.07, 6.45) is -0.0217. The van der Waals surface area contributed by atoms with Crippen molar-refractivity contribution in [2.45, 2.75) is 32.5 Å². The minimum absolute atomic E-state index is 0.0217. The Kier molecular flexibility index (Phi) is 3.64. The second-order valence-electron chi connectivity index (χ2n) is 5.34. The molecule has 1 unspecified atom stereocenters. The molecule has 2 rings (SSSR count). The van der Waals surface area contributed by atoms with E-state index in [2.05, 4.69) is 0 Å². The number of hydrogen-bond donors (Lipinski definition) is 1. The molecule has 1 aromatic heterocycles. The van der Waals surface area contributed by atoms with Gasteiger partial charge in [-0.15, -0.1) is 11.3 Å². The van der Waals surface area contributed by atoms with Crippen molar-refractivity contribution < 1.29 is 19.4 Å². The van der Waals surface area contributed by atoms with Crippen LogP contribution in [0.3, 0.4) is 0 Å². The highest BCUT2D eigenvalue weighted by atomic mass is 32.1. The van der Waals surface area contributed by atoms with Crippen molar-refractivity contribution >= 4 is 23.2 Å². The zero-order valence-electron chi connectivity index (χ0n) is 11.2. The molecule has 1 atom stereocenters. The molecule has 0 aliphatic carbocycles. The molecule has 0 spiro atoms. The Bertz CT molecular complexity index is 508. The molecule has 5 nitrogen and oxygen atoms in total. The molecule has 2 heterocycles. The van der Waals surface area contributed by atoms with E-state index in [9.17, 15) is 9.59 Å². The van der Waals surface area contributed by atoms with Gasteiger partial charge in [0.05, 0.1) is 16.6 Å². The van der Waals surface area contributed by atoms with E-state index >= 15 is 0 Å². The van der Waals surface area contributed by atoms with Crippen molar-refractivity contribution in [2.75, 3.05) is 13.1 Å². The standard InChI is InChI=1S/C13H17NO4S/c1-8-6-14(7-13(2,3)18-8)11(15)9-4-5-10(19-9)12(16)17/h4-5,8H,6-7H2,1-3H3,(H,16,17). The van der Waals surface area contributed by atoms with Crippen LogP contribution < -0.4 is 0 Å². The van der Waals surface area contributed by atoms with Crippen LogP contribution in [0.4, 0.5) is 0 Å². The number of amides is 1. The summed E-state index contributed by atoms with van der Waals surface area (Å²) < 4.78 is 5.75. The summed E-state index contributed by atoms with van der Waals surface area (Å²) in [6, 6.07) is 3.04. The SMILES string of the molecule is CC1CN(C(=O)c2ccc(C(=O)O)s2)CC(C)(C)O1. The van der Waals surface area contributed by atoms with E-state index in [0.29, 0.717) is 18.0 Å². The fourth-order valence-corrected chi connectivity index (χ4v) is 3.14. The van der Waals surface area contributed by atoms with Gasteiger partial charge in [0.1, 0.15) is 4.88 Å². The Balaban J connectivity index is 2.16. The van der Waals surface area contributed by atoms with E-state index in [1.165, 1.54) is 6.07 Å². The first kappa shape index (κ1) is 14.0. The molecule has 0 radical (unpaired) electrons. The molecule has 1 aliphatic heterocycles. The molecule has 1 fully saturated rings. The zero-order chi connectivity index (χ0) is 14.2. The number of thiophene rings is 1. The minimum atomic E-state index is -1.00. The maximum absolute atomic E-state index is 12.4. The summed E-state index contributed by atoms with van der Waals surface area (Å²) >= 11 is 1.01. The first-order chi connectivity index (χ1) is 8.78. The van der Waals surface area contributed by atoms with Crippen molar-refractivity contribution in [1.29, 1.82) is 0 Å². The topological polar surface area (TPSA) is 66.8 Å². The normalized spacial score (nSPS) is 22.3. The number of aromatic carboxylic acids is 1. The van der Waals surface area contributed by atoms with Crippen LogP contribution in [0.5, 0.6) is 0 Å². The summed E-state index contributed by atoms with van der Waals surface area (Å²) in [5, 5.41) is 8.88. The van der Waals surface area contributed by atoms with Crippen LogP contribution in [-0.4, -0.2) is 46.7 Å². The molecular formula is C13H17NO4S. The Morgan fingerprint density at radius 2 is 2.05 bits per heavy atom. The molecule has 1 aromatic rings. The van der Waals surface area contributed by atoms with Gasteiger partial charge in [0, 0.05) is 13.1 Å². The first-order valence-corrected chi connectivity index (χ1v) is 6.90. The monoisotopic (exact) mass is 283 g/mol. The van der Waals surface area contributed by atoms with Crippen LogP contribution in [0.15, 0.2) is 12.1 Å². The lowest BCUT2D eigenvalue weighted by atomic mass is 10.1. The van der Waals surface area contributed by atoms with E-state index in [-0.39, 0.29) is 22.5 Å². The number of carboxylic acids is 1. The molecular weight excluding hydrogens is 266 g/mol. The van der Waals surface area contributed by atoms with Crippen LogP contribution in [0.1, 0.15) is 40.1 Å². The lowest BCUT2D eigenvalue weighted by Gasteiger charge is -2.41. The quantitative estimate of drug-likeness (QED) is 0.902. The highest BCUT2D eigenvalue weighted by Gasteiger charge is 2.34. The number of carbonyl (C=O) groups excluding carboxylic acids is 1. The van der Waals surface area contributed by atoms with Gasteiger partial charge in [0.15, 0.2) is 0 Å². The van der Waals surface area contributed by atoms with Crippen molar-refractivity contribution in [1.82, 2.24) is 4.90 Å². The van der Waals surface area contributed by atoms with Gasteiger partial charge in [0.25, 0.3) is 5.91 Å². The van der Waals surface area contributed by atoms with Crippen molar-refractivity contribution in [3.05, 3.63) is 21.9 Å². The number of ether oxygens (including phenoxy) is 1. The summed E-state index contributed by atoms with van der Waals surface area (Å²) in [5.74, 6) is -1.12. The lowest BCUT2D eigenvalue weighted by molar-refractivity contribution is -0.118. The highest BCUT2D eigenvalue weighted by molar-refractivity contribution is 7.15. The summed E-state index contributed by atoms with van der Waals surface area (Å²) in [4.78, 5) is 25.6. The first-order valence-electron chi connectivity index (χ1n) is 6.09. The van der Waals surface area contributed by atoms with E-state index < -0.39 is 5.97 Å². The third kappa shape index (κ3) is 3.13. The van der Waals surface area contributed by atoms with Gasteiger partial charge in [-0.05, 0) is 32.9 Å². The second kappa shape index (κ2) is 4.94. The van der Waals surface area contributed by atoms with Gasteiger partial charge < -0.3 is 14.7 Å². The molecule has 6 heteroatoms.